The summed E-state index contributed by atoms with van der Waals surface area (Å²) >= 11 is 0. The van der Waals surface area contributed by atoms with Crippen LogP contribution in [0.3, 0.4) is 0 Å². The smallest absolute Gasteiger partial charge is 0.0693 e. The summed E-state index contributed by atoms with van der Waals surface area (Å²) in [4.78, 5) is 3.30. The van der Waals surface area contributed by atoms with Crippen molar-refractivity contribution in [1.29, 1.82) is 0 Å². The van der Waals surface area contributed by atoms with E-state index in [1.165, 1.54) is 29.3 Å². The highest BCUT2D eigenvalue weighted by Gasteiger charge is 2.20. The largest absolute Gasteiger partial charge is 0.392 e. The van der Waals surface area contributed by atoms with Gasteiger partial charge in [0.1, 0.15) is 0 Å². The predicted octanol–water partition coefficient (Wildman–Crippen LogP) is 2.95. The highest BCUT2D eigenvalue weighted by atomic mass is 16.3. The lowest BCUT2D eigenvalue weighted by Gasteiger charge is -2.22. The van der Waals surface area contributed by atoms with E-state index in [9.17, 15) is 5.11 Å². The number of aromatic nitrogens is 1. The molecule has 0 spiro atoms. The number of para-hydroxylation sites is 1. The first-order chi connectivity index (χ1) is 9.34. The van der Waals surface area contributed by atoms with E-state index in [2.05, 4.69) is 34.6 Å². The number of hydrogen-bond donors (Lipinski definition) is 3. The van der Waals surface area contributed by atoms with E-state index >= 15 is 0 Å². The van der Waals surface area contributed by atoms with E-state index < -0.39 is 0 Å². The van der Waals surface area contributed by atoms with E-state index in [1.54, 1.807) is 0 Å². The van der Waals surface area contributed by atoms with Gasteiger partial charge in [0.25, 0.3) is 0 Å². The van der Waals surface area contributed by atoms with E-state index in [-0.39, 0.29) is 12.1 Å². The Morgan fingerprint density at radius 2 is 2.05 bits per heavy atom. The molecule has 0 amide bonds. The van der Waals surface area contributed by atoms with Crippen LogP contribution in [-0.4, -0.2) is 22.2 Å². The Labute approximate surface area is 114 Å². The maximum Gasteiger partial charge on any atom is 0.0693 e. The number of fused-ring (bicyclic) bond motifs is 1. The molecular weight excluding hydrogens is 236 g/mol. The fourth-order valence-electron chi connectivity index (χ4n) is 3.06. The van der Waals surface area contributed by atoms with Crippen LogP contribution in [0.15, 0.2) is 30.5 Å². The molecule has 19 heavy (non-hydrogen) atoms. The van der Waals surface area contributed by atoms with Gasteiger partial charge in [-0.15, -0.1) is 0 Å². The van der Waals surface area contributed by atoms with Crippen molar-refractivity contribution in [3.05, 3.63) is 36.0 Å². The molecule has 1 aromatic heterocycles. The summed E-state index contributed by atoms with van der Waals surface area (Å²) in [6.07, 6.45) is 7.44. The van der Waals surface area contributed by atoms with E-state index in [0.717, 1.165) is 25.8 Å². The first-order valence-electron chi connectivity index (χ1n) is 7.31. The Kier molecular flexibility index (Phi) is 3.85. The lowest BCUT2D eigenvalue weighted by Crippen LogP contribution is -2.38. The van der Waals surface area contributed by atoms with Crippen LogP contribution >= 0.6 is 0 Å². The minimum atomic E-state index is -0.189. The Bertz CT molecular complexity index is 534. The first kappa shape index (κ1) is 12.7. The van der Waals surface area contributed by atoms with Crippen LogP contribution in [0.25, 0.3) is 10.9 Å². The molecule has 2 atom stereocenters. The average Bonchev–Trinajstić information content (AvgIpc) is 2.81. The standard InChI is InChI=1S/C16H22N2O/c19-15-8-3-1-2-7-14(15)18-11-13-6-4-5-12-9-10-17-16(12)13/h4-6,9-10,14-15,17-19H,1-3,7-8,11H2. The summed E-state index contributed by atoms with van der Waals surface area (Å²) in [5, 5.41) is 14.9. The van der Waals surface area contributed by atoms with Crippen LogP contribution in [0, 0.1) is 0 Å². The Balaban J connectivity index is 1.69. The number of aliphatic hydroxyl groups is 1. The maximum absolute atomic E-state index is 10.1. The first-order valence-corrected chi connectivity index (χ1v) is 7.31. The minimum Gasteiger partial charge on any atom is -0.392 e. The molecular formula is C16H22N2O. The topological polar surface area (TPSA) is 48.0 Å². The number of nitrogens with one attached hydrogen (secondary N) is 2. The van der Waals surface area contributed by atoms with Gasteiger partial charge in [0, 0.05) is 24.3 Å². The van der Waals surface area contributed by atoms with E-state index in [1.807, 2.05) is 6.20 Å². The van der Waals surface area contributed by atoms with Crippen molar-refractivity contribution in [3.8, 4) is 0 Å². The molecule has 1 fully saturated rings. The number of hydrogen-bond acceptors (Lipinski definition) is 2. The van der Waals surface area contributed by atoms with E-state index in [0.29, 0.717) is 0 Å². The van der Waals surface area contributed by atoms with Gasteiger partial charge in [-0.25, -0.2) is 0 Å². The Morgan fingerprint density at radius 1 is 1.16 bits per heavy atom. The van der Waals surface area contributed by atoms with Crippen molar-refractivity contribution < 1.29 is 5.11 Å². The van der Waals surface area contributed by atoms with Crippen molar-refractivity contribution >= 4 is 10.9 Å². The van der Waals surface area contributed by atoms with E-state index in [4.69, 9.17) is 0 Å². The quantitative estimate of drug-likeness (QED) is 0.741. The molecule has 1 aliphatic rings. The third-order valence-corrected chi connectivity index (χ3v) is 4.21. The monoisotopic (exact) mass is 258 g/mol. The van der Waals surface area contributed by atoms with Crippen molar-refractivity contribution in [1.82, 2.24) is 10.3 Å². The van der Waals surface area contributed by atoms with Crippen molar-refractivity contribution in [3.63, 3.8) is 0 Å². The van der Waals surface area contributed by atoms with Crippen LogP contribution in [0.4, 0.5) is 0 Å². The number of aromatic amines is 1. The van der Waals surface area contributed by atoms with Crippen LogP contribution in [-0.2, 0) is 6.54 Å². The van der Waals surface area contributed by atoms with Gasteiger partial charge < -0.3 is 15.4 Å². The summed E-state index contributed by atoms with van der Waals surface area (Å²) in [5.41, 5.74) is 2.48. The van der Waals surface area contributed by atoms with Gasteiger partial charge in [-0.2, -0.15) is 0 Å². The molecule has 3 N–H and O–H groups in total. The molecule has 3 heteroatoms. The molecule has 3 rings (SSSR count). The van der Waals surface area contributed by atoms with Crippen molar-refractivity contribution in [2.24, 2.45) is 0 Å². The second-order valence-electron chi connectivity index (χ2n) is 5.55. The molecule has 2 aromatic rings. The molecule has 1 aliphatic carbocycles. The summed E-state index contributed by atoms with van der Waals surface area (Å²) in [7, 11) is 0. The second-order valence-corrected chi connectivity index (χ2v) is 5.55. The molecule has 0 saturated heterocycles. The number of aliphatic hydroxyl groups excluding tert-OH is 1. The van der Waals surface area contributed by atoms with Crippen LogP contribution in [0.5, 0.6) is 0 Å². The molecule has 3 nitrogen and oxygen atoms in total. The molecule has 0 radical (unpaired) electrons. The maximum atomic E-state index is 10.1. The SMILES string of the molecule is OC1CCCCCC1NCc1cccc2cc[nH]c12. The zero-order valence-electron chi connectivity index (χ0n) is 11.2. The summed E-state index contributed by atoms with van der Waals surface area (Å²) in [5.74, 6) is 0. The van der Waals surface area contributed by atoms with Gasteiger partial charge in [0.2, 0.25) is 0 Å². The molecule has 0 aliphatic heterocycles. The van der Waals surface area contributed by atoms with Crippen molar-refractivity contribution in [2.45, 2.75) is 50.8 Å². The zero-order valence-corrected chi connectivity index (χ0v) is 11.2. The van der Waals surface area contributed by atoms with Crippen LogP contribution in [0.2, 0.25) is 0 Å². The second kappa shape index (κ2) is 5.76. The van der Waals surface area contributed by atoms with Gasteiger partial charge in [-0.05, 0) is 29.9 Å². The highest BCUT2D eigenvalue weighted by Crippen LogP contribution is 2.20. The lowest BCUT2D eigenvalue weighted by atomic mass is 10.1. The third kappa shape index (κ3) is 2.82. The highest BCUT2D eigenvalue weighted by molar-refractivity contribution is 5.82. The molecule has 2 unspecified atom stereocenters. The molecule has 102 valence electrons. The van der Waals surface area contributed by atoms with Crippen LogP contribution in [0.1, 0.15) is 37.7 Å². The van der Waals surface area contributed by atoms with Crippen molar-refractivity contribution in [2.75, 3.05) is 0 Å². The number of H-pyrrole nitrogens is 1. The molecule has 1 heterocycles. The summed E-state index contributed by atoms with van der Waals surface area (Å²) in [6.45, 7) is 0.819. The Morgan fingerprint density at radius 3 is 3.00 bits per heavy atom. The fraction of sp³-hybridized carbons (Fsp3) is 0.500. The normalized spacial score (nSPS) is 24.5. The number of rotatable bonds is 3. The minimum absolute atomic E-state index is 0.189. The molecule has 1 saturated carbocycles. The summed E-state index contributed by atoms with van der Waals surface area (Å²) in [6, 6.07) is 8.70. The van der Waals surface area contributed by atoms with Gasteiger partial charge in [0.05, 0.1) is 6.10 Å². The van der Waals surface area contributed by atoms with Gasteiger partial charge in [0.15, 0.2) is 0 Å². The summed E-state index contributed by atoms with van der Waals surface area (Å²) < 4.78 is 0. The van der Waals surface area contributed by atoms with Gasteiger partial charge in [-0.1, -0.05) is 37.5 Å². The zero-order chi connectivity index (χ0) is 13.1. The van der Waals surface area contributed by atoms with Gasteiger partial charge >= 0.3 is 0 Å². The Hall–Kier alpha value is -1.32. The average molecular weight is 258 g/mol. The van der Waals surface area contributed by atoms with Crippen LogP contribution < -0.4 is 5.32 Å². The van der Waals surface area contributed by atoms with Gasteiger partial charge in [-0.3, -0.25) is 0 Å². The fourth-order valence-corrected chi connectivity index (χ4v) is 3.06. The number of benzene rings is 1. The lowest BCUT2D eigenvalue weighted by molar-refractivity contribution is 0.119. The predicted molar refractivity (Wildman–Crippen MR) is 78.0 cm³/mol. The third-order valence-electron chi connectivity index (χ3n) is 4.21. The molecule has 1 aromatic carbocycles. The molecule has 0 bridgehead atoms.